The van der Waals surface area contributed by atoms with Gasteiger partial charge >= 0.3 is 33.3 Å². The molecule has 0 saturated carbocycles. The third-order valence-electron chi connectivity index (χ3n) is 1.24. The Morgan fingerprint density at radius 3 is 2.30 bits per heavy atom. The van der Waals surface area contributed by atoms with Crippen LogP contribution in [0.1, 0.15) is 39.0 Å². The molecule has 0 amide bonds. The molecular weight excluding hydrogens is 323 g/mol. The van der Waals surface area contributed by atoms with E-state index in [4.69, 9.17) is 5.11 Å². The van der Waals surface area contributed by atoms with E-state index in [9.17, 15) is 4.79 Å². The fraction of sp³-hybridized carbons (Fsp3) is 0.857. The average molecular weight is 339 g/mol. The van der Waals surface area contributed by atoms with Gasteiger partial charge in [0, 0.05) is 6.42 Å². The summed E-state index contributed by atoms with van der Waals surface area (Å²) in [5.74, 6) is -0.675. The molecule has 0 aromatic rings. The molecule has 3 heteroatoms. The number of carboxylic acid groups (broad SMARTS) is 1. The van der Waals surface area contributed by atoms with Crippen molar-refractivity contribution in [3.63, 3.8) is 0 Å². The van der Waals surface area contributed by atoms with Crippen LogP contribution in [0.4, 0.5) is 0 Å². The minimum absolute atomic E-state index is 0. The van der Waals surface area contributed by atoms with E-state index in [0.717, 1.165) is 19.3 Å². The van der Waals surface area contributed by atoms with Crippen molar-refractivity contribution in [2.45, 2.75) is 39.0 Å². The predicted molar refractivity (Wildman–Crippen MR) is 44.9 cm³/mol. The maximum absolute atomic E-state index is 9.96. The first-order chi connectivity index (χ1) is 4.27. The van der Waals surface area contributed by atoms with Gasteiger partial charge in [0.05, 0.1) is 0 Å². The number of carbonyl (C=O) groups is 1. The van der Waals surface area contributed by atoms with Gasteiger partial charge in [0.1, 0.15) is 0 Å². The Kier molecular flexibility index (Phi) is 12.2. The summed E-state index contributed by atoms with van der Waals surface area (Å²) in [6, 6.07) is 0. The molecule has 60 valence electrons. The van der Waals surface area contributed by atoms with Crippen LogP contribution >= 0.6 is 0 Å². The Hall–Kier alpha value is 0.392. The van der Waals surface area contributed by atoms with Gasteiger partial charge in [-0.3, -0.25) is 4.79 Å². The van der Waals surface area contributed by atoms with Crippen molar-refractivity contribution in [1.29, 1.82) is 0 Å². The normalized spacial score (nSPS) is 8.50. The second kappa shape index (κ2) is 9.39. The van der Waals surface area contributed by atoms with Crippen molar-refractivity contribution in [2.24, 2.45) is 0 Å². The van der Waals surface area contributed by atoms with E-state index in [2.05, 4.69) is 6.92 Å². The van der Waals surface area contributed by atoms with Crippen molar-refractivity contribution in [2.75, 3.05) is 0 Å². The predicted octanol–water partition coefficient (Wildman–Crippen LogP) is 1.13. The molecule has 0 fully saturated rings. The summed E-state index contributed by atoms with van der Waals surface area (Å²) >= 11 is 0. The van der Waals surface area contributed by atoms with Crippen LogP contribution in [0, 0.1) is 0 Å². The first kappa shape index (κ1) is 13.0. The van der Waals surface area contributed by atoms with Crippen LogP contribution in [0.15, 0.2) is 0 Å². The molecule has 2 nitrogen and oxygen atoms in total. The first-order valence-electron chi connectivity index (χ1n) is 3.49. The van der Waals surface area contributed by atoms with E-state index in [0.29, 0.717) is 6.42 Å². The van der Waals surface area contributed by atoms with Gasteiger partial charge in [0.2, 0.25) is 0 Å². The first-order valence-corrected chi connectivity index (χ1v) is 3.49. The quantitative estimate of drug-likeness (QED) is 0.602. The van der Waals surface area contributed by atoms with Crippen LogP contribution in [0.5, 0.6) is 0 Å². The van der Waals surface area contributed by atoms with E-state index >= 15 is 0 Å². The minimum atomic E-state index is -0.675. The van der Waals surface area contributed by atoms with Crippen LogP contribution in [-0.4, -0.2) is 38.4 Å². The SMILES string of the molecule is CCCCCCC(=O)O.[PbH2]. The molecule has 0 aromatic heterocycles. The zero-order chi connectivity index (χ0) is 7.11. The topological polar surface area (TPSA) is 37.3 Å². The van der Waals surface area contributed by atoms with Crippen molar-refractivity contribution in [1.82, 2.24) is 0 Å². The molecule has 0 aliphatic heterocycles. The Morgan fingerprint density at radius 2 is 1.90 bits per heavy atom. The van der Waals surface area contributed by atoms with E-state index in [1.165, 1.54) is 6.42 Å². The van der Waals surface area contributed by atoms with Crippen LogP contribution < -0.4 is 0 Å². The summed E-state index contributed by atoms with van der Waals surface area (Å²) in [5.41, 5.74) is 0. The molecule has 1 N–H and O–H groups in total. The molecule has 10 heavy (non-hydrogen) atoms. The van der Waals surface area contributed by atoms with Crippen molar-refractivity contribution < 1.29 is 9.90 Å². The number of hydrogen-bond donors (Lipinski definition) is 1. The third kappa shape index (κ3) is 11.2. The molecule has 0 aliphatic rings. The molecule has 0 heterocycles. The molecule has 0 aliphatic carbocycles. The molecule has 0 bridgehead atoms. The average Bonchev–Trinajstić information content (AvgIpc) is 1.80. The van der Waals surface area contributed by atoms with E-state index in [-0.39, 0.29) is 27.3 Å². The van der Waals surface area contributed by atoms with Gasteiger partial charge in [-0.15, -0.1) is 0 Å². The van der Waals surface area contributed by atoms with Crippen molar-refractivity contribution in [3.8, 4) is 0 Å². The molecule has 0 atom stereocenters. The number of rotatable bonds is 5. The number of hydrogen-bond acceptors (Lipinski definition) is 1. The second-order valence-electron chi connectivity index (χ2n) is 2.20. The number of unbranched alkanes of at least 4 members (excludes halogenated alkanes) is 3. The van der Waals surface area contributed by atoms with E-state index in [1.54, 1.807) is 0 Å². The van der Waals surface area contributed by atoms with Gasteiger partial charge in [-0.05, 0) is 6.42 Å². The second-order valence-corrected chi connectivity index (χ2v) is 2.20. The molecule has 0 unspecified atom stereocenters. The van der Waals surface area contributed by atoms with Crippen LogP contribution in [0.25, 0.3) is 0 Å². The molecule has 2 radical (unpaired) electrons. The summed E-state index contributed by atoms with van der Waals surface area (Å²) in [7, 11) is 0. The fourth-order valence-corrected chi connectivity index (χ4v) is 0.703. The monoisotopic (exact) mass is 340 g/mol. The number of aliphatic carboxylic acids is 1. The van der Waals surface area contributed by atoms with Crippen molar-refractivity contribution >= 4 is 33.3 Å². The summed E-state index contributed by atoms with van der Waals surface area (Å²) in [5, 5.41) is 8.21. The van der Waals surface area contributed by atoms with E-state index in [1.807, 2.05) is 0 Å². The van der Waals surface area contributed by atoms with Gasteiger partial charge in [-0.25, -0.2) is 0 Å². The van der Waals surface area contributed by atoms with Gasteiger partial charge in [0.15, 0.2) is 0 Å². The molecule has 0 spiro atoms. The maximum atomic E-state index is 9.96. The molecule has 0 rings (SSSR count). The zero-order valence-electron chi connectivity index (χ0n) is 6.60. The summed E-state index contributed by atoms with van der Waals surface area (Å²) in [4.78, 5) is 9.96. The zero-order valence-corrected chi connectivity index (χ0v) is 12.1. The van der Waals surface area contributed by atoms with Crippen molar-refractivity contribution in [3.05, 3.63) is 0 Å². The Morgan fingerprint density at radius 1 is 1.30 bits per heavy atom. The summed E-state index contributed by atoms with van der Waals surface area (Å²) < 4.78 is 0. The Balaban J connectivity index is 0. The standard InChI is InChI=1S/C7H14O2.Pb.2H/c1-2-3-4-5-6-7(8)9;;;/h2-6H2,1H3,(H,8,9);;;. The van der Waals surface area contributed by atoms with Crippen LogP contribution in [0.2, 0.25) is 0 Å². The molecule has 0 saturated heterocycles. The number of carboxylic acids is 1. The Bertz CT molecular complexity index is 83.7. The van der Waals surface area contributed by atoms with Gasteiger partial charge < -0.3 is 5.11 Å². The molecular formula is C7H16O2Pb. The van der Waals surface area contributed by atoms with Gasteiger partial charge in [-0.1, -0.05) is 26.2 Å². The van der Waals surface area contributed by atoms with Crippen LogP contribution in [-0.2, 0) is 4.79 Å². The van der Waals surface area contributed by atoms with E-state index < -0.39 is 5.97 Å². The summed E-state index contributed by atoms with van der Waals surface area (Å²) in [6.45, 7) is 2.11. The Labute approximate surface area is 82.2 Å². The van der Waals surface area contributed by atoms with Gasteiger partial charge in [0.25, 0.3) is 0 Å². The molecule has 0 aromatic carbocycles. The third-order valence-corrected chi connectivity index (χ3v) is 1.24. The fourth-order valence-electron chi connectivity index (χ4n) is 0.703. The van der Waals surface area contributed by atoms with Crippen LogP contribution in [0.3, 0.4) is 0 Å². The van der Waals surface area contributed by atoms with Gasteiger partial charge in [-0.2, -0.15) is 0 Å². The summed E-state index contributed by atoms with van der Waals surface area (Å²) in [6.07, 6.45) is 4.55.